The van der Waals surface area contributed by atoms with E-state index in [0.29, 0.717) is 13.0 Å². The molecule has 0 heterocycles. The quantitative estimate of drug-likeness (QED) is 0.766. The number of benzene rings is 1. The molecule has 5 nitrogen and oxygen atoms in total. The number of aliphatic hydroxyl groups is 1. The Labute approximate surface area is 137 Å². The summed E-state index contributed by atoms with van der Waals surface area (Å²) >= 11 is 5.80. The van der Waals surface area contributed by atoms with Crippen molar-refractivity contribution in [1.82, 2.24) is 5.32 Å². The summed E-state index contributed by atoms with van der Waals surface area (Å²) in [7, 11) is 0. The fourth-order valence-electron chi connectivity index (χ4n) is 2.31. The molecule has 0 aliphatic heterocycles. The summed E-state index contributed by atoms with van der Waals surface area (Å²) < 4.78 is 28.2. The van der Waals surface area contributed by atoms with Gasteiger partial charge >= 0.3 is 5.92 Å². The third-order valence-corrected chi connectivity index (χ3v) is 4.10. The highest BCUT2D eigenvalue weighted by atomic mass is 35.5. The van der Waals surface area contributed by atoms with Gasteiger partial charge in [0.05, 0.1) is 11.3 Å². The SMILES string of the molecule is CCNC(=O)c1ccc(Cl)cc1NC(=O)C(F)(F)C1(O)CCC1. The van der Waals surface area contributed by atoms with E-state index in [9.17, 15) is 23.5 Å². The van der Waals surface area contributed by atoms with Gasteiger partial charge in [-0.25, -0.2) is 0 Å². The predicted octanol–water partition coefficient (Wildman–Crippen LogP) is 2.58. The first-order valence-corrected chi connectivity index (χ1v) is 7.58. The second kappa shape index (κ2) is 6.41. The highest BCUT2D eigenvalue weighted by molar-refractivity contribution is 6.31. The van der Waals surface area contributed by atoms with E-state index in [4.69, 9.17) is 11.6 Å². The minimum Gasteiger partial charge on any atom is -0.383 e. The molecular formula is C15H17ClF2N2O3. The van der Waals surface area contributed by atoms with Crippen molar-refractivity contribution in [2.24, 2.45) is 0 Å². The number of carbonyl (C=O) groups excluding carboxylic acids is 2. The molecule has 0 radical (unpaired) electrons. The molecule has 2 amide bonds. The molecule has 0 atom stereocenters. The molecule has 0 spiro atoms. The molecule has 0 bridgehead atoms. The van der Waals surface area contributed by atoms with Gasteiger partial charge in [-0.1, -0.05) is 11.6 Å². The van der Waals surface area contributed by atoms with Crippen LogP contribution < -0.4 is 10.6 Å². The Hall–Kier alpha value is -1.73. The summed E-state index contributed by atoms with van der Waals surface area (Å²) in [6.07, 6.45) is 0.138. The van der Waals surface area contributed by atoms with Gasteiger partial charge in [-0.3, -0.25) is 9.59 Å². The third-order valence-electron chi connectivity index (χ3n) is 3.86. The molecular weight excluding hydrogens is 330 g/mol. The van der Waals surface area contributed by atoms with Gasteiger partial charge in [0.15, 0.2) is 0 Å². The van der Waals surface area contributed by atoms with E-state index in [0.717, 1.165) is 0 Å². The predicted molar refractivity (Wildman–Crippen MR) is 81.8 cm³/mol. The Balaban J connectivity index is 2.26. The lowest BCUT2D eigenvalue weighted by atomic mass is 9.75. The number of hydrogen-bond acceptors (Lipinski definition) is 3. The molecule has 8 heteroatoms. The Morgan fingerprint density at radius 2 is 2.04 bits per heavy atom. The zero-order valence-corrected chi connectivity index (χ0v) is 13.2. The number of nitrogens with one attached hydrogen (secondary N) is 2. The lowest BCUT2D eigenvalue weighted by molar-refractivity contribution is -0.212. The van der Waals surface area contributed by atoms with Crippen LogP contribution in [-0.4, -0.2) is 35.0 Å². The Kier molecular flexibility index (Phi) is 4.91. The van der Waals surface area contributed by atoms with Crippen LogP contribution in [0.3, 0.4) is 0 Å². The van der Waals surface area contributed by atoms with Crippen LogP contribution in [0.5, 0.6) is 0 Å². The molecule has 1 aromatic carbocycles. The molecule has 126 valence electrons. The van der Waals surface area contributed by atoms with Crippen LogP contribution in [0.4, 0.5) is 14.5 Å². The van der Waals surface area contributed by atoms with Crippen LogP contribution in [0.1, 0.15) is 36.5 Å². The van der Waals surface area contributed by atoms with Gasteiger partial charge in [0.2, 0.25) is 0 Å². The lowest BCUT2D eigenvalue weighted by Gasteiger charge is -2.41. The van der Waals surface area contributed by atoms with Crippen molar-refractivity contribution in [2.75, 3.05) is 11.9 Å². The number of anilines is 1. The molecule has 23 heavy (non-hydrogen) atoms. The highest BCUT2D eigenvalue weighted by Crippen LogP contribution is 2.44. The Morgan fingerprint density at radius 3 is 2.57 bits per heavy atom. The minimum absolute atomic E-state index is 0.0148. The van der Waals surface area contributed by atoms with Crippen molar-refractivity contribution < 1.29 is 23.5 Å². The number of carbonyl (C=O) groups is 2. The molecule has 3 N–H and O–H groups in total. The van der Waals surface area contributed by atoms with Crippen molar-refractivity contribution in [3.8, 4) is 0 Å². The number of hydrogen-bond donors (Lipinski definition) is 3. The van der Waals surface area contributed by atoms with Crippen LogP contribution in [-0.2, 0) is 4.79 Å². The third kappa shape index (κ3) is 3.30. The van der Waals surface area contributed by atoms with Gasteiger partial charge < -0.3 is 15.7 Å². The second-order valence-electron chi connectivity index (χ2n) is 5.46. The number of rotatable bonds is 5. The Morgan fingerprint density at radius 1 is 1.39 bits per heavy atom. The second-order valence-corrected chi connectivity index (χ2v) is 5.90. The van der Waals surface area contributed by atoms with Crippen LogP contribution in [0.2, 0.25) is 5.02 Å². The first kappa shape index (κ1) is 17.6. The number of halogens is 3. The molecule has 2 rings (SSSR count). The van der Waals surface area contributed by atoms with Gasteiger partial charge in [0.1, 0.15) is 5.60 Å². The molecule has 1 fully saturated rings. The lowest BCUT2D eigenvalue weighted by Crippen LogP contribution is -2.59. The molecule has 0 aromatic heterocycles. The highest BCUT2D eigenvalue weighted by Gasteiger charge is 2.61. The topological polar surface area (TPSA) is 78.4 Å². The summed E-state index contributed by atoms with van der Waals surface area (Å²) in [4.78, 5) is 23.9. The fraction of sp³-hybridized carbons (Fsp3) is 0.467. The first-order valence-electron chi connectivity index (χ1n) is 7.20. The average molecular weight is 347 g/mol. The minimum atomic E-state index is -3.95. The molecule has 1 saturated carbocycles. The van der Waals surface area contributed by atoms with Crippen molar-refractivity contribution in [3.63, 3.8) is 0 Å². The summed E-state index contributed by atoms with van der Waals surface area (Å²) in [6, 6.07) is 3.96. The van der Waals surface area contributed by atoms with Crippen LogP contribution in [0.15, 0.2) is 18.2 Å². The largest absolute Gasteiger partial charge is 0.383 e. The van der Waals surface area contributed by atoms with Crippen molar-refractivity contribution in [1.29, 1.82) is 0 Å². The number of amides is 2. The summed E-state index contributed by atoms with van der Waals surface area (Å²) in [5, 5.41) is 14.5. The van der Waals surface area contributed by atoms with Crippen LogP contribution in [0.25, 0.3) is 0 Å². The number of alkyl halides is 2. The van der Waals surface area contributed by atoms with E-state index in [1.807, 2.05) is 5.32 Å². The maximum absolute atomic E-state index is 14.1. The van der Waals surface area contributed by atoms with Crippen molar-refractivity contribution in [3.05, 3.63) is 28.8 Å². The monoisotopic (exact) mass is 346 g/mol. The van der Waals surface area contributed by atoms with Gasteiger partial charge in [0, 0.05) is 11.6 Å². The van der Waals surface area contributed by atoms with Crippen LogP contribution >= 0.6 is 11.6 Å². The van der Waals surface area contributed by atoms with Gasteiger partial charge in [0.25, 0.3) is 11.8 Å². The summed E-state index contributed by atoms with van der Waals surface area (Å²) in [6.45, 7) is 2.04. The van der Waals surface area contributed by atoms with E-state index in [2.05, 4.69) is 5.32 Å². The van der Waals surface area contributed by atoms with E-state index in [1.54, 1.807) is 6.92 Å². The van der Waals surface area contributed by atoms with Gasteiger partial charge in [-0.15, -0.1) is 0 Å². The average Bonchev–Trinajstić information content (AvgIpc) is 2.44. The smallest absolute Gasteiger partial charge is 0.352 e. The fourth-order valence-corrected chi connectivity index (χ4v) is 2.48. The normalized spacial score (nSPS) is 16.4. The van der Waals surface area contributed by atoms with E-state index >= 15 is 0 Å². The molecule has 0 saturated heterocycles. The maximum atomic E-state index is 14.1. The van der Waals surface area contributed by atoms with Gasteiger partial charge in [-0.05, 0) is 44.4 Å². The molecule has 1 aliphatic rings. The summed E-state index contributed by atoms with van der Waals surface area (Å²) in [5.74, 6) is -6.14. The molecule has 0 unspecified atom stereocenters. The first-order chi connectivity index (χ1) is 10.7. The maximum Gasteiger partial charge on any atom is 0.352 e. The molecule has 1 aromatic rings. The van der Waals surface area contributed by atoms with E-state index < -0.39 is 23.3 Å². The van der Waals surface area contributed by atoms with Gasteiger partial charge in [-0.2, -0.15) is 8.78 Å². The molecule has 1 aliphatic carbocycles. The Bertz CT molecular complexity index is 633. The summed E-state index contributed by atoms with van der Waals surface area (Å²) in [5.41, 5.74) is -2.45. The van der Waals surface area contributed by atoms with E-state index in [-0.39, 0.29) is 29.1 Å². The zero-order chi connectivity index (χ0) is 17.3. The van der Waals surface area contributed by atoms with Crippen molar-refractivity contribution in [2.45, 2.75) is 37.7 Å². The van der Waals surface area contributed by atoms with E-state index in [1.165, 1.54) is 18.2 Å². The van der Waals surface area contributed by atoms with Crippen molar-refractivity contribution >= 4 is 29.1 Å². The standard InChI is InChI=1S/C15H17ClF2N2O3/c1-2-19-12(21)10-5-4-9(16)8-11(10)20-13(22)15(17,18)14(23)6-3-7-14/h4-5,8,23H,2-3,6-7H2,1H3,(H,19,21)(H,20,22). The zero-order valence-electron chi connectivity index (χ0n) is 12.5. The van der Waals surface area contributed by atoms with Crippen LogP contribution in [0, 0.1) is 0 Å².